The van der Waals surface area contributed by atoms with Gasteiger partial charge in [-0.2, -0.15) is 0 Å². The summed E-state index contributed by atoms with van der Waals surface area (Å²) in [7, 11) is 1.90. The zero-order valence-electron chi connectivity index (χ0n) is 23.0. The van der Waals surface area contributed by atoms with Crippen molar-refractivity contribution in [2.45, 2.75) is 0 Å². The van der Waals surface area contributed by atoms with Gasteiger partial charge >= 0.3 is 5.97 Å². The second kappa shape index (κ2) is 11.8. The quantitative estimate of drug-likeness (QED) is 0.224. The van der Waals surface area contributed by atoms with Gasteiger partial charge < -0.3 is 15.0 Å². The summed E-state index contributed by atoms with van der Waals surface area (Å²) in [6, 6.07) is 26.8. The molecule has 1 aliphatic heterocycles. The van der Waals surface area contributed by atoms with Gasteiger partial charge in [-0.1, -0.05) is 60.3 Å². The molecular weight excluding hydrogens is 562 g/mol. The maximum absolute atomic E-state index is 13.3. The molecule has 212 valence electrons. The summed E-state index contributed by atoms with van der Waals surface area (Å²) < 4.78 is 1.89. The predicted molar refractivity (Wildman–Crippen MR) is 170 cm³/mol. The summed E-state index contributed by atoms with van der Waals surface area (Å²) >= 11 is 1.17. The molecule has 0 unspecified atom stereocenters. The van der Waals surface area contributed by atoms with Gasteiger partial charge in [0.1, 0.15) is 5.70 Å². The number of aryl methyl sites for hydroxylation is 1. The van der Waals surface area contributed by atoms with Crippen LogP contribution in [0.25, 0.3) is 28.2 Å². The molecule has 0 saturated carbocycles. The number of carbonyl (C=O) groups is 3. The summed E-state index contributed by atoms with van der Waals surface area (Å²) in [6.45, 7) is 0. The number of pyridine rings is 1. The van der Waals surface area contributed by atoms with Crippen molar-refractivity contribution >= 4 is 63.1 Å². The number of aromatic nitrogens is 2. The zero-order valence-corrected chi connectivity index (χ0v) is 23.8. The SMILES string of the molecule is Cn1ccc(/C=C2\N=C(SCC(=O)Nc3ccc(-c4cc(C(=O)O)c5ccccc5n4)cc3)N(c3ccccc3)C2=O)c1. The standard InChI is InChI=1S/C33H25N5O4S/c1-37-16-15-21(19-37)17-29-31(40)38(24-7-3-2-4-8-24)33(36-29)43-20-30(39)34-23-13-11-22(12-14-23)28-18-26(32(41)42)25-9-5-6-10-27(25)35-28/h2-19H,20H2,1H3,(H,34,39)(H,41,42)/b29-17-. The molecule has 0 spiro atoms. The summed E-state index contributed by atoms with van der Waals surface area (Å²) in [5.41, 5.74) is 4.39. The van der Waals surface area contributed by atoms with Crippen LogP contribution in [0, 0.1) is 0 Å². The molecule has 0 saturated heterocycles. The third-order valence-electron chi connectivity index (χ3n) is 6.75. The van der Waals surface area contributed by atoms with Gasteiger partial charge in [0.05, 0.1) is 28.2 Å². The molecule has 0 bridgehead atoms. The summed E-state index contributed by atoms with van der Waals surface area (Å²) in [5, 5.41) is 13.6. The number of hydrogen-bond donors (Lipinski definition) is 2. The maximum atomic E-state index is 13.3. The molecule has 2 aromatic heterocycles. The number of aromatic carboxylic acids is 1. The number of nitrogens with zero attached hydrogens (tertiary/aromatic N) is 4. The first kappa shape index (κ1) is 27.7. The Morgan fingerprint density at radius 1 is 0.977 bits per heavy atom. The minimum Gasteiger partial charge on any atom is -0.478 e. The minimum absolute atomic E-state index is 0.0318. The van der Waals surface area contributed by atoms with Crippen molar-refractivity contribution in [3.05, 3.63) is 120 Å². The van der Waals surface area contributed by atoms with Crippen molar-refractivity contribution in [3.63, 3.8) is 0 Å². The smallest absolute Gasteiger partial charge is 0.336 e. The van der Waals surface area contributed by atoms with Crippen molar-refractivity contribution in [1.29, 1.82) is 0 Å². The Labute approximate surface area is 251 Å². The molecule has 9 nitrogen and oxygen atoms in total. The fourth-order valence-corrected chi connectivity index (χ4v) is 5.53. The molecule has 10 heteroatoms. The number of carboxylic acids is 1. The number of benzene rings is 3. The minimum atomic E-state index is -1.02. The molecule has 0 atom stereocenters. The lowest BCUT2D eigenvalue weighted by Gasteiger charge is -2.17. The van der Waals surface area contributed by atoms with E-state index in [-0.39, 0.29) is 23.1 Å². The van der Waals surface area contributed by atoms with E-state index in [1.54, 1.807) is 54.6 Å². The second-order valence-corrected chi connectivity index (χ2v) is 10.7. The second-order valence-electron chi connectivity index (χ2n) is 9.80. The average Bonchev–Trinajstić information content (AvgIpc) is 3.57. The first-order chi connectivity index (χ1) is 20.9. The molecule has 6 rings (SSSR count). The van der Waals surface area contributed by atoms with Gasteiger partial charge in [0.25, 0.3) is 5.91 Å². The maximum Gasteiger partial charge on any atom is 0.336 e. The van der Waals surface area contributed by atoms with Gasteiger partial charge in [0.2, 0.25) is 5.91 Å². The largest absolute Gasteiger partial charge is 0.478 e. The van der Waals surface area contributed by atoms with Gasteiger partial charge in [-0.25, -0.2) is 14.8 Å². The third kappa shape index (κ3) is 5.95. The monoisotopic (exact) mass is 587 g/mol. The number of aliphatic imine (C=N–C) groups is 1. The average molecular weight is 588 g/mol. The molecule has 0 aliphatic carbocycles. The Morgan fingerprint density at radius 3 is 2.44 bits per heavy atom. The summed E-state index contributed by atoms with van der Waals surface area (Å²) in [4.78, 5) is 48.8. The van der Waals surface area contributed by atoms with Crippen LogP contribution in [0.15, 0.2) is 114 Å². The lowest BCUT2D eigenvalue weighted by atomic mass is 10.0. The number of hydrogen-bond acceptors (Lipinski definition) is 6. The van der Waals surface area contributed by atoms with Gasteiger partial charge in [0, 0.05) is 36.1 Å². The van der Waals surface area contributed by atoms with Crippen LogP contribution in [0.3, 0.4) is 0 Å². The van der Waals surface area contributed by atoms with Crippen LogP contribution >= 0.6 is 11.8 Å². The lowest BCUT2D eigenvalue weighted by Crippen LogP contribution is -2.31. The number of carboxylic acid groups (broad SMARTS) is 1. The van der Waals surface area contributed by atoms with E-state index in [2.05, 4.69) is 15.3 Å². The molecule has 2 amide bonds. The van der Waals surface area contributed by atoms with Gasteiger partial charge in [-0.15, -0.1) is 0 Å². The molecule has 0 radical (unpaired) electrons. The Balaban J connectivity index is 1.17. The van der Waals surface area contributed by atoms with Crippen LogP contribution in [0.4, 0.5) is 11.4 Å². The van der Waals surface area contributed by atoms with Crippen LogP contribution in [0.2, 0.25) is 0 Å². The molecule has 43 heavy (non-hydrogen) atoms. The normalized spacial score (nSPS) is 13.9. The molecule has 3 heterocycles. The van der Waals surface area contributed by atoms with Crippen molar-refractivity contribution in [1.82, 2.24) is 9.55 Å². The van der Waals surface area contributed by atoms with Crippen LogP contribution < -0.4 is 10.2 Å². The number of rotatable bonds is 7. The van der Waals surface area contributed by atoms with E-state index in [0.717, 1.165) is 11.1 Å². The fraction of sp³-hybridized carbons (Fsp3) is 0.0606. The Kier molecular flexibility index (Phi) is 7.59. The van der Waals surface area contributed by atoms with Crippen LogP contribution in [-0.4, -0.2) is 43.4 Å². The summed E-state index contributed by atoms with van der Waals surface area (Å²) in [5.74, 6) is -1.52. The van der Waals surface area contributed by atoms with Crippen LogP contribution in [-0.2, 0) is 16.6 Å². The Bertz CT molecular complexity index is 1930. The van der Waals surface area contributed by atoms with E-state index in [4.69, 9.17) is 0 Å². The summed E-state index contributed by atoms with van der Waals surface area (Å²) in [6.07, 6.45) is 5.52. The number of thioether (sulfide) groups is 1. The number of para-hydroxylation sites is 2. The van der Waals surface area contributed by atoms with E-state index in [1.165, 1.54) is 16.7 Å². The lowest BCUT2D eigenvalue weighted by molar-refractivity contribution is -0.114. The highest BCUT2D eigenvalue weighted by Gasteiger charge is 2.32. The van der Waals surface area contributed by atoms with E-state index in [9.17, 15) is 19.5 Å². The highest BCUT2D eigenvalue weighted by Crippen LogP contribution is 2.30. The van der Waals surface area contributed by atoms with Gasteiger partial charge in [0.15, 0.2) is 5.17 Å². The van der Waals surface area contributed by atoms with Crippen molar-refractivity contribution in [2.75, 3.05) is 16.0 Å². The third-order valence-corrected chi connectivity index (χ3v) is 7.68. The number of amidine groups is 1. The highest BCUT2D eigenvalue weighted by molar-refractivity contribution is 8.14. The van der Waals surface area contributed by atoms with Crippen molar-refractivity contribution in [3.8, 4) is 11.3 Å². The Hall–Kier alpha value is -5.48. The van der Waals surface area contributed by atoms with Crippen molar-refractivity contribution in [2.24, 2.45) is 12.0 Å². The van der Waals surface area contributed by atoms with Crippen LogP contribution in [0.1, 0.15) is 15.9 Å². The van der Waals surface area contributed by atoms with E-state index >= 15 is 0 Å². The topological polar surface area (TPSA) is 117 Å². The van der Waals surface area contributed by atoms with E-state index in [0.29, 0.717) is 38.8 Å². The number of carbonyl (C=O) groups excluding carboxylic acids is 2. The number of anilines is 2. The zero-order chi connectivity index (χ0) is 29.9. The molecule has 2 N–H and O–H groups in total. The fourth-order valence-electron chi connectivity index (χ4n) is 4.72. The first-order valence-corrected chi connectivity index (χ1v) is 14.3. The molecule has 1 aliphatic rings. The Morgan fingerprint density at radius 2 is 1.72 bits per heavy atom. The molecule has 5 aromatic rings. The predicted octanol–water partition coefficient (Wildman–Crippen LogP) is 6.05. The molecule has 0 fully saturated rings. The highest BCUT2D eigenvalue weighted by atomic mass is 32.2. The molecule has 3 aromatic carbocycles. The van der Waals surface area contributed by atoms with Gasteiger partial charge in [-0.3, -0.25) is 14.5 Å². The number of nitrogens with one attached hydrogen (secondary N) is 1. The van der Waals surface area contributed by atoms with E-state index < -0.39 is 5.97 Å². The number of amides is 2. The van der Waals surface area contributed by atoms with E-state index in [1.807, 2.05) is 66.5 Å². The van der Waals surface area contributed by atoms with Gasteiger partial charge in [-0.05, 0) is 54.1 Å². The van der Waals surface area contributed by atoms with Crippen molar-refractivity contribution < 1.29 is 19.5 Å². The molecular formula is C33H25N5O4S. The van der Waals surface area contributed by atoms with Crippen LogP contribution in [0.5, 0.6) is 0 Å². The first-order valence-electron chi connectivity index (χ1n) is 13.3. The number of fused-ring (bicyclic) bond motifs is 1.